The van der Waals surface area contributed by atoms with E-state index in [4.69, 9.17) is 0 Å². The summed E-state index contributed by atoms with van der Waals surface area (Å²) in [7, 11) is 0. The summed E-state index contributed by atoms with van der Waals surface area (Å²) in [5, 5.41) is 3.11. The normalized spacial score (nSPS) is 11.8. The molecule has 0 aromatic heterocycles. The van der Waals surface area contributed by atoms with Gasteiger partial charge in [-0.2, -0.15) is 13.2 Å². The fourth-order valence-electron chi connectivity index (χ4n) is 1.77. The number of aryl methyl sites for hydroxylation is 1. The van der Waals surface area contributed by atoms with Crippen molar-refractivity contribution in [1.29, 1.82) is 0 Å². The van der Waals surface area contributed by atoms with Crippen LogP contribution in [-0.2, 0) is 12.6 Å². The smallest absolute Gasteiger partial charge is 0.317 e. The SMILES string of the molecule is CCNCCCCc1ccc(F)cc1C(F)(F)F. The highest BCUT2D eigenvalue weighted by atomic mass is 19.4. The number of halogens is 4. The topological polar surface area (TPSA) is 12.0 Å². The van der Waals surface area contributed by atoms with Crippen molar-refractivity contribution < 1.29 is 17.6 Å². The Labute approximate surface area is 104 Å². The molecule has 0 aliphatic heterocycles. The maximum absolute atomic E-state index is 12.9. The number of unbranched alkanes of at least 4 members (excludes halogenated alkanes) is 1. The Morgan fingerprint density at radius 3 is 2.50 bits per heavy atom. The Balaban J connectivity index is 2.65. The van der Waals surface area contributed by atoms with Crippen molar-refractivity contribution >= 4 is 0 Å². The predicted molar refractivity (Wildman–Crippen MR) is 62.9 cm³/mol. The molecular weight excluding hydrogens is 246 g/mol. The van der Waals surface area contributed by atoms with Gasteiger partial charge in [-0.25, -0.2) is 4.39 Å². The number of rotatable bonds is 6. The van der Waals surface area contributed by atoms with Crippen molar-refractivity contribution in [3.05, 3.63) is 35.1 Å². The lowest BCUT2D eigenvalue weighted by molar-refractivity contribution is -0.138. The molecule has 18 heavy (non-hydrogen) atoms. The molecule has 1 nitrogen and oxygen atoms in total. The second kappa shape index (κ2) is 6.73. The van der Waals surface area contributed by atoms with Crippen LogP contribution in [0.3, 0.4) is 0 Å². The van der Waals surface area contributed by atoms with E-state index in [0.29, 0.717) is 18.9 Å². The first-order chi connectivity index (χ1) is 8.45. The molecule has 1 rings (SSSR count). The second-order valence-corrected chi connectivity index (χ2v) is 4.11. The summed E-state index contributed by atoms with van der Waals surface area (Å²) in [6, 6.07) is 2.87. The van der Waals surface area contributed by atoms with E-state index in [1.165, 1.54) is 6.07 Å². The number of nitrogens with one attached hydrogen (secondary N) is 1. The lowest BCUT2D eigenvalue weighted by Crippen LogP contribution is -2.14. The summed E-state index contributed by atoms with van der Waals surface area (Å²) in [5.41, 5.74) is -0.689. The molecule has 0 heterocycles. The van der Waals surface area contributed by atoms with Crippen LogP contribution in [0.25, 0.3) is 0 Å². The molecule has 0 atom stereocenters. The van der Waals surface area contributed by atoms with E-state index >= 15 is 0 Å². The first-order valence-corrected chi connectivity index (χ1v) is 6.01. The van der Waals surface area contributed by atoms with Gasteiger partial charge in [-0.1, -0.05) is 13.0 Å². The first-order valence-electron chi connectivity index (χ1n) is 6.01. The van der Waals surface area contributed by atoms with Gasteiger partial charge in [0, 0.05) is 0 Å². The van der Waals surface area contributed by atoms with Gasteiger partial charge >= 0.3 is 6.18 Å². The van der Waals surface area contributed by atoms with Crippen molar-refractivity contribution in [3.8, 4) is 0 Å². The lowest BCUT2D eigenvalue weighted by atomic mass is 10.0. The van der Waals surface area contributed by atoms with Crippen molar-refractivity contribution in [2.24, 2.45) is 0 Å². The number of hydrogen-bond acceptors (Lipinski definition) is 1. The van der Waals surface area contributed by atoms with Crippen LogP contribution in [0.4, 0.5) is 17.6 Å². The molecule has 0 saturated carbocycles. The molecule has 1 aromatic carbocycles. The molecule has 0 unspecified atom stereocenters. The first kappa shape index (κ1) is 15.0. The molecule has 102 valence electrons. The summed E-state index contributed by atoms with van der Waals surface area (Å²) >= 11 is 0. The zero-order valence-corrected chi connectivity index (χ0v) is 10.3. The largest absolute Gasteiger partial charge is 0.416 e. The average Bonchev–Trinajstić information content (AvgIpc) is 2.29. The maximum Gasteiger partial charge on any atom is 0.416 e. The molecule has 0 radical (unpaired) electrons. The van der Waals surface area contributed by atoms with E-state index in [0.717, 1.165) is 25.6 Å². The van der Waals surface area contributed by atoms with Crippen LogP contribution in [0.2, 0.25) is 0 Å². The van der Waals surface area contributed by atoms with E-state index in [1.807, 2.05) is 6.92 Å². The standard InChI is InChI=1S/C13H17F4N/c1-2-18-8-4-3-5-10-6-7-11(14)9-12(10)13(15,16)17/h6-7,9,18H,2-5,8H2,1H3. The van der Waals surface area contributed by atoms with Crippen molar-refractivity contribution in [1.82, 2.24) is 5.32 Å². The lowest BCUT2D eigenvalue weighted by Gasteiger charge is -2.12. The molecular formula is C13H17F4N. The van der Waals surface area contributed by atoms with E-state index in [2.05, 4.69) is 5.32 Å². The molecule has 1 aromatic rings. The Morgan fingerprint density at radius 1 is 1.17 bits per heavy atom. The van der Waals surface area contributed by atoms with Crippen molar-refractivity contribution in [2.45, 2.75) is 32.4 Å². The second-order valence-electron chi connectivity index (χ2n) is 4.11. The number of alkyl halides is 3. The highest BCUT2D eigenvalue weighted by Crippen LogP contribution is 2.33. The van der Waals surface area contributed by atoms with Gasteiger partial charge in [0.15, 0.2) is 0 Å². The summed E-state index contributed by atoms with van der Waals surface area (Å²) in [6.45, 7) is 3.62. The van der Waals surface area contributed by atoms with Crippen LogP contribution in [0.1, 0.15) is 30.9 Å². The highest BCUT2D eigenvalue weighted by molar-refractivity contribution is 5.30. The van der Waals surface area contributed by atoms with Crippen molar-refractivity contribution in [2.75, 3.05) is 13.1 Å². The Morgan fingerprint density at radius 2 is 1.89 bits per heavy atom. The van der Waals surface area contributed by atoms with E-state index < -0.39 is 17.6 Å². The van der Waals surface area contributed by atoms with Gasteiger partial charge in [0.2, 0.25) is 0 Å². The van der Waals surface area contributed by atoms with Gasteiger partial charge in [0.1, 0.15) is 5.82 Å². The van der Waals surface area contributed by atoms with Gasteiger partial charge < -0.3 is 5.32 Å². The third-order valence-corrected chi connectivity index (χ3v) is 2.68. The molecule has 0 aliphatic rings. The number of hydrogen-bond donors (Lipinski definition) is 1. The fourth-order valence-corrected chi connectivity index (χ4v) is 1.77. The highest BCUT2D eigenvalue weighted by Gasteiger charge is 2.33. The van der Waals surface area contributed by atoms with Crippen LogP contribution < -0.4 is 5.32 Å². The minimum Gasteiger partial charge on any atom is -0.317 e. The predicted octanol–water partition coefficient (Wildman–Crippen LogP) is 3.78. The Kier molecular flexibility index (Phi) is 5.59. The summed E-state index contributed by atoms with van der Waals surface area (Å²) in [6.07, 6.45) is -2.70. The molecule has 0 spiro atoms. The fraction of sp³-hybridized carbons (Fsp3) is 0.538. The monoisotopic (exact) mass is 263 g/mol. The molecule has 0 aliphatic carbocycles. The summed E-state index contributed by atoms with van der Waals surface area (Å²) < 4.78 is 50.9. The molecule has 5 heteroatoms. The maximum atomic E-state index is 12.9. The van der Waals surface area contributed by atoms with Gasteiger partial charge in [0.05, 0.1) is 5.56 Å². The van der Waals surface area contributed by atoms with Gasteiger partial charge in [0.25, 0.3) is 0 Å². The third kappa shape index (κ3) is 4.64. The molecule has 0 amide bonds. The summed E-state index contributed by atoms with van der Waals surface area (Å²) in [5.74, 6) is -0.848. The van der Waals surface area contributed by atoms with Crippen LogP contribution in [0.5, 0.6) is 0 Å². The average molecular weight is 263 g/mol. The molecule has 0 bridgehead atoms. The minimum atomic E-state index is -4.49. The van der Waals surface area contributed by atoms with Crippen molar-refractivity contribution in [3.63, 3.8) is 0 Å². The third-order valence-electron chi connectivity index (χ3n) is 2.68. The van der Waals surface area contributed by atoms with Crippen LogP contribution in [0, 0.1) is 5.82 Å². The van der Waals surface area contributed by atoms with Crippen LogP contribution in [0.15, 0.2) is 18.2 Å². The van der Waals surface area contributed by atoms with Crippen LogP contribution >= 0.6 is 0 Å². The van der Waals surface area contributed by atoms with E-state index in [1.54, 1.807) is 0 Å². The zero-order valence-electron chi connectivity index (χ0n) is 10.3. The van der Waals surface area contributed by atoms with E-state index in [9.17, 15) is 17.6 Å². The minimum absolute atomic E-state index is 0.167. The summed E-state index contributed by atoms with van der Waals surface area (Å²) in [4.78, 5) is 0. The van der Waals surface area contributed by atoms with Gasteiger partial charge in [-0.05, 0) is 50.0 Å². The van der Waals surface area contributed by atoms with Crippen LogP contribution in [-0.4, -0.2) is 13.1 Å². The Hall–Kier alpha value is -1.10. The Bertz CT molecular complexity index is 374. The van der Waals surface area contributed by atoms with Gasteiger partial charge in [-0.15, -0.1) is 0 Å². The molecule has 0 fully saturated rings. The van der Waals surface area contributed by atoms with Gasteiger partial charge in [-0.3, -0.25) is 0 Å². The number of benzene rings is 1. The molecule has 1 N–H and O–H groups in total. The van der Waals surface area contributed by atoms with E-state index in [-0.39, 0.29) is 5.56 Å². The molecule has 0 saturated heterocycles. The zero-order chi connectivity index (χ0) is 13.6. The quantitative estimate of drug-likeness (QED) is 0.608.